The largest absolute Gasteiger partial charge is 0.463 e. The molecule has 2 aromatic rings. The molecule has 2 aromatic carbocycles. The van der Waals surface area contributed by atoms with Gasteiger partial charge >= 0.3 is 41.9 Å². The quantitative estimate of drug-likeness (QED) is 0.151. The van der Waals surface area contributed by atoms with Crippen LogP contribution in [0.5, 0.6) is 0 Å². The van der Waals surface area contributed by atoms with Crippen LogP contribution in [0.25, 0.3) is 0 Å². The number of aliphatic hydroxyl groups excluding tert-OH is 2. The highest BCUT2D eigenvalue weighted by Gasteiger charge is 2.55. The van der Waals surface area contributed by atoms with Crippen molar-refractivity contribution in [2.45, 2.75) is 148 Å². The molecule has 2 aliphatic rings. The topological polar surface area (TPSA) is 264 Å². The van der Waals surface area contributed by atoms with Crippen LogP contribution < -0.4 is 5.32 Å². The minimum atomic E-state index is -1.79. The van der Waals surface area contributed by atoms with E-state index in [1.807, 2.05) is 6.07 Å². The predicted molar refractivity (Wildman–Crippen MR) is 217 cm³/mol. The summed E-state index contributed by atoms with van der Waals surface area (Å²) in [6.45, 7) is 9.38. The number of amides is 1. The van der Waals surface area contributed by atoms with E-state index >= 15 is 0 Å². The van der Waals surface area contributed by atoms with E-state index in [0.717, 1.165) is 40.2 Å². The molecule has 2 fully saturated rings. The van der Waals surface area contributed by atoms with Crippen LogP contribution in [0.4, 0.5) is 4.79 Å². The van der Waals surface area contributed by atoms with Gasteiger partial charge in [0.15, 0.2) is 24.6 Å². The van der Waals surface area contributed by atoms with E-state index in [9.17, 15) is 43.8 Å². The van der Waals surface area contributed by atoms with Gasteiger partial charge in [-0.1, -0.05) is 54.6 Å². The van der Waals surface area contributed by atoms with E-state index in [1.54, 1.807) is 69.3 Å². The van der Waals surface area contributed by atoms with E-state index in [-0.39, 0.29) is 19.4 Å². The predicted octanol–water partition coefficient (Wildman–Crippen LogP) is 1.93. The molecule has 20 nitrogen and oxygen atoms in total. The zero-order chi connectivity index (χ0) is 47.3. The number of esters is 6. The Morgan fingerprint density at radius 1 is 0.609 bits per heavy atom. The fourth-order valence-corrected chi connectivity index (χ4v) is 6.89. The lowest BCUT2D eigenvalue weighted by Crippen LogP contribution is -2.66. The lowest BCUT2D eigenvalue weighted by atomic mass is 9.90. The van der Waals surface area contributed by atoms with Crippen LogP contribution in [0.15, 0.2) is 54.6 Å². The molecule has 64 heavy (non-hydrogen) atoms. The molecule has 2 heterocycles. The van der Waals surface area contributed by atoms with Gasteiger partial charge < -0.3 is 62.9 Å². The van der Waals surface area contributed by atoms with Crippen LogP contribution in [-0.2, 0) is 95.6 Å². The van der Waals surface area contributed by atoms with Crippen LogP contribution >= 0.6 is 0 Å². The van der Waals surface area contributed by atoms with Gasteiger partial charge in [0.05, 0.1) is 6.10 Å². The van der Waals surface area contributed by atoms with Gasteiger partial charge in [0.25, 0.3) is 0 Å². The van der Waals surface area contributed by atoms with Gasteiger partial charge in [0.2, 0.25) is 0 Å². The molecule has 352 valence electrons. The second-order valence-electron chi connectivity index (χ2n) is 16.2. The highest BCUT2D eigenvalue weighted by Crippen LogP contribution is 2.34. The zero-order valence-corrected chi connectivity index (χ0v) is 36.9. The smallest absolute Gasteiger partial charge is 0.408 e. The Hall–Kier alpha value is -5.67. The number of carbonyl (C=O) groups is 7. The first-order valence-electron chi connectivity index (χ1n) is 20.5. The standard InChI is InChI=1S/C44H57NO19/c1-23(46)55-21-33-37(63-42-40(60-27(5)50)39(59-26(4)49)38(58-25(3)48)34(62-42)22-56-24(2)47)36(52)35(51)32(61-33)19-29-16-14-28(15-17-29)18-31(45-43(54)64-44(6,7)8)41(53)57-20-30-12-10-9-11-13-30/h9-17,31-40,42,51-52H,18-22H2,1-8H3,(H,45,54)/t31-,32+,33+,34+,35+,36+,37+,38+,39-,40+,42+/m0/s1. The van der Waals surface area contributed by atoms with Gasteiger partial charge in [0, 0.05) is 47.5 Å². The maximum Gasteiger partial charge on any atom is 0.408 e. The number of benzene rings is 2. The number of nitrogens with one attached hydrogen (secondary N) is 1. The SMILES string of the molecule is CC(=O)OC[C@H]1O[C@H](Cc2ccc(C[C@H](NC(=O)OC(C)(C)C)C(=O)OCc3ccccc3)cc2)[C@@H](O)[C@@H](O)[C@@H]1O[C@H]1O[C@H](COC(C)=O)[C@@H](OC(C)=O)[C@H](OC(C)=O)[C@H]1OC(C)=O. The minimum Gasteiger partial charge on any atom is -0.463 e. The molecule has 0 unspecified atom stereocenters. The van der Waals surface area contributed by atoms with Crippen LogP contribution in [0.2, 0.25) is 0 Å². The summed E-state index contributed by atoms with van der Waals surface area (Å²) < 4.78 is 56.0. The first-order valence-corrected chi connectivity index (χ1v) is 20.5. The van der Waals surface area contributed by atoms with Crippen molar-refractivity contribution in [2.75, 3.05) is 13.2 Å². The van der Waals surface area contributed by atoms with Crippen molar-refractivity contribution in [3.63, 3.8) is 0 Å². The monoisotopic (exact) mass is 903 g/mol. The zero-order valence-electron chi connectivity index (χ0n) is 36.9. The summed E-state index contributed by atoms with van der Waals surface area (Å²) in [5, 5.41) is 25.7. The average Bonchev–Trinajstić information content (AvgIpc) is 3.20. The summed E-state index contributed by atoms with van der Waals surface area (Å²) in [6.07, 6.45) is -16.1. The van der Waals surface area contributed by atoms with Crippen LogP contribution in [0.1, 0.15) is 72.1 Å². The molecule has 4 rings (SSSR count). The number of ether oxygens (including phenoxy) is 10. The maximum absolute atomic E-state index is 13.3. The van der Waals surface area contributed by atoms with Gasteiger partial charge in [-0.15, -0.1) is 0 Å². The highest BCUT2D eigenvalue weighted by atomic mass is 16.7. The van der Waals surface area contributed by atoms with Crippen LogP contribution in [-0.4, -0.2) is 138 Å². The third-order valence-electron chi connectivity index (χ3n) is 9.57. The number of alkyl carbamates (subject to hydrolysis) is 1. The summed E-state index contributed by atoms with van der Waals surface area (Å²) in [4.78, 5) is 86.6. The molecule has 20 heteroatoms. The molecule has 0 bridgehead atoms. The summed E-state index contributed by atoms with van der Waals surface area (Å²) in [7, 11) is 0. The third kappa shape index (κ3) is 15.8. The lowest BCUT2D eigenvalue weighted by Gasteiger charge is -2.48. The maximum atomic E-state index is 13.3. The first-order chi connectivity index (χ1) is 30.1. The van der Waals surface area contributed by atoms with Crippen molar-refractivity contribution in [2.24, 2.45) is 0 Å². The molecule has 0 aliphatic carbocycles. The van der Waals surface area contributed by atoms with Crippen LogP contribution in [0, 0.1) is 0 Å². The normalized spacial score (nSPS) is 26.0. The Balaban J connectivity index is 1.56. The number of carbonyl (C=O) groups excluding carboxylic acids is 7. The number of aliphatic hydroxyl groups is 2. The highest BCUT2D eigenvalue weighted by molar-refractivity contribution is 5.82. The fourth-order valence-electron chi connectivity index (χ4n) is 6.89. The van der Waals surface area contributed by atoms with E-state index < -0.39 is 128 Å². The number of hydrogen-bond acceptors (Lipinski definition) is 19. The molecule has 0 saturated carbocycles. The molecule has 3 N–H and O–H groups in total. The summed E-state index contributed by atoms with van der Waals surface area (Å²) in [6, 6.07) is 14.7. The van der Waals surface area contributed by atoms with E-state index in [4.69, 9.17) is 47.4 Å². The van der Waals surface area contributed by atoms with Crippen molar-refractivity contribution < 1.29 is 91.1 Å². The lowest BCUT2D eigenvalue weighted by molar-refractivity contribution is -0.344. The third-order valence-corrected chi connectivity index (χ3v) is 9.57. The Bertz CT molecular complexity index is 1920. The molecule has 0 aromatic heterocycles. The molecule has 0 radical (unpaired) electrons. The van der Waals surface area contributed by atoms with Crippen molar-refractivity contribution >= 4 is 41.9 Å². The van der Waals surface area contributed by atoms with Crippen molar-refractivity contribution in [1.29, 1.82) is 0 Å². The van der Waals surface area contributed by atoms with E-state index in [1.165, 1.54) is 0 Å². The Morgan fingerprint density at radius 3 is 1.69 bits per heavy atom. The molecule has 2 saturated heterocycles. The van der Waals surface area contributed by atoms with Gasteiger partial charge in [-0.2, -0.15) is 0 Å². The Morgan fingerprint density at radius 2 is 1.14 bits per heavy atom. The van der Waals surface area contributed by atoms with Crippen molar-refractivity contribution in [3.05, 3.63) is 71.3 Å². The Kier molecular flexibility index (Phi) is 18.6. The van der Waals surface area contributed by atoms with Gasteiger partial charge in [0.1, 0.15) is 62.0 Å². The number of hydrogen-bond donors (Lipinski definition) is 3. The van der Waals surface area contributed by atoms with Crippen LogP contribution in [0.3, 0.4) is 0 Å². The second-order valence-corrected chi connectivity index (χ2v) is 16.2. The number of rotatable bonds is 17. The second kappa shape index (κ2) is 23.3. The van der Waals surface area contributed by atoms with Gasteiger partial charge in [-0.3, -0.25) is 24.0 Å². The summed E-state index contributed by atoms with van der Waals surface area (Å²) in [5.74, 6) is -4.78. The minimum absolute atomic E-state index is 0.000443. The first kappa shape index (κ1) is 51.0. The summed E-state index contributed by atoms with van der Waals surface area (Å²) >= 11 is 0. The molecule has 1 amide bonds. The van der Waals surface area contributed by atoms with Gasteiger partial charge in [-0.05, 0) is 37.5 Å². The summed E-state index contributed by atoms with van der Waals surface area (Å²) in [5.41, 5.74) is 1.15. The van der Waals surface area contributed by atoms with E-state index in [2.05, 4.69) is 5.32 Å². The van der Waals surface area contributed by atoms with Crippen molar-refractivity contribution in [1.82, 2.24) is 5.32 Å². The molecular formula is C44H57NO19. The fraction of sp³-hybridized carbons (Fsp3) is 0.568. The van der Waals surface area contributed by atoms with Gasteiger partial charge in [-0.25, -0.2) is 9.59 Å². The molecule has 11 atom stereocenters. The molecule has 2 aliphatic heterocycles. The molecule has 0 spiro atoms. The Labute approximate surface area is 370 Å². The molecular weight excluding hydrogens is 846 g/mol. The average molecular weight is 904 g/mol. The van der Waals surface area contributed by atoms with E-state index in [0.29, 0.717) is 11.1 Å². The van der Waals surface area contributed by atoms with Crippen molar-refractivity contribution in [3.8, 4) is 0 Å².